The first-order valence-electron chi connectivity index (χ1n) is 12.2. The third kappa shape index (κ3) is 7.84. The first kappa shape index (κ1) is 31.6. The van der Waals surface area contributed by atoms with Gasteiger partial charge in [-0.3, -0.25) is 4.79 Å². The molecular weight excluding hydrogens is 559 g/mol. The quantitative estimate of drug-likeness (QED) is 0.294. The smallest absolute Gasteiger partial charge is 0.416 e. The molecule has 0 atom stereocenters. The van der Waals surface area contributed by atoms with E-state index in [2.05, 4.69) is 15.3 Å². The number of aromatic nitrogens is 2. The summed E-state index contributed by atoms with van der Waals surface area (Å²) in [4.78, 5) is 25.0. The van der Waals surface area contributed by atoms with Crippen molar-refractivity contribution >= 4 is 17.5 Å². The molecule has 0 unspecified atom stereocenters. The number of nitrogens with zero attached hydrogens (tertiary/aromatic N) is 4. The summed E-state index contributed by atoms with van der Waals surface area (Å²) in [6.45, 7) is 3.49. The standard InChI is InChI=1S/C27H28F7N5O2/c1-25(2,16-12-17(26(29,30)31)14-18(13-16)27(32,33)34)23(40)39(5)21-15-36-24(35-10-11-38(3)4)37-22(21)41-20-8-6-19(28)7-9-20/h6-9,12-15H,10-11H2,1-5H3,(H,35,36,37). The Morgan fingerprint density at radius 2 is 1.44 bits per heavy atom. The van der Waals surface area contributed by atoms with Gasteiger partial charge < -0.3 is 19.9 Å². The largest absolute Gasteiger partial charge is 0.437 e. The summed E-state index contributed by atoms with van der Waals surface area (Å²) in [5.74, 6) is -1.28. The zero-order valence-electron chi connectivity index (χ0n) is 22.8. The molecule has 1 amide bonds. The number of ether oxygens (including phenoxy) is 1. The molecule has 222 valence electrons. The molecule has 1 heterocycles. The maximum atomic E-state index is 13.7. The van der Waals surface area contributed by atoms with Crippen LogP contribution in [0, 0.1) is 5.82 Å². The highest BCUT2D eigenvalue weighted by molar-refractivity contribution is 6.01. The average molecular weight is 588 g/mol. The van der Waals surface area contributed by atoms with Gasteiger partial charge in [0.1, 0.15) is 17.3 Å². The molecule has 3 rings (SSSR count). The van der Waals surface area contributed by atoms with Gasteiger partial charge in [-0.1, -0.05) is 0 Å². The first-order chi connectivity index (χ1) is 18.9. The van der Waals surface area contributed by atoms with E-state index in [-0.39, 0.29) is 29.3 Å². The zero-order chi connectivity index (χ0) is 30.8. The van der Waals surface area contributed by atoms with E-state index in [1.54, 1.807) is 0 Å². The van der Waals surface area contributed by atoms with Crippen molar-refractivity contribution < 1.29 is 40.3 Å². The molecule has 0 bridgehead atoms. The highest BCUT2D eigenvalue weighted by Crippen LogP contribution is 2.40. The van der Waals surface area contributed by atoms with Crippen LogP contribution in [0.25, 0.3) is 0 Å². The van der Waals surface area contributed by atoms with Crippen molar-refractivity contribution in [2.45, 2.75) is 31.6 Å². The Balaban J connectivity index is 2.04. The number of likely N-dealkylation sites (N-methyl/N-ethyl adjacent to an activating group) is 2. The molecule has 0 aliphatic heterocycles. The molecule has 0 saturated heterocycles. The predicted molar refractivity (Wildman–Crippen MR) is 138 cm³/mol. The van der Waals surface area contributed by atoms with E-state index in [1.807, 2.05) is 19.0 Å². The fraction of sp³-hybridized carbons (Fsp3) is 0.370. The second-order valence-electron chi connectivity index (χ2n) is 9.95. The summed E-state index contributed by atoms with van der Waals surface area (Å²) in [6.07, 6.45) is -8.94. The van der Waals surface area contributed by atoms with E-state index in [0.717, 1.165) is 17.0 Å². The van der Waals surface area contributed by atoms with Crippen molar-refractivity contribution in [3.8, 4) is 11.6 Å². The zero-order valence-corrected chi connectivity index (χ0v) is 22.8. The number of rotatable bonds is 9. The van der Waals surface area contributed by atoms with Gasteiger partial charge in [-0.25, -0.2) is 9.37 Å². The van der Waals surface area contributed by atoms with Crippen molar-refractivity contribution in [2.75, 3.05) is 44.4 Å². The topological polar surface area (TPSA) is 70.6 Å². The van der Waals surface area contributed by atoms with E-state index in [4.69, 9.17) is 4.74 Å². The Bertz CT molecular complexity index is 1340. The van der Waals surface area contributed by atoms with E-state index >= 15 is 0 Å². The Hall–Kier alpha value is -3.94. The van der Waals surface area contributed by atoms with E-state index < -0.39 is 46.2 Å². The Morgan fingerprint density at radius 1 is 0.902 bits per heavy atom. The monoisotopic (exact) mass is 587 g/mol. The van der Waals surface area contributed by atoms with Crippen LogP contribution in [0.15, 0.2) is 48.7 Å². The summed E-state index contributed by atoms with van der Waals surface area (Å²) >= 11 is 0. The molecule has 1 aromatic heterocycles. The minimum atomic E-state index is -5.08. The molecule has 0 aliphatic rings. The van der Waals surface area contributed by atoms with Crippen molar-refractivity contribution in [1.29, 1.82) is 0 Å². The fourth-order valence-electron chi connectivity index (χ4n) is 3.72. The molecule has 0 aliphatic carbocycles. The summed E-state index contributed by atoms with van der Waals surface area (Å²) < 4.78 is 100. The van der Waals surface area contributed by atoms with Crippen LogP contribution in [-0.4, -0.2) is 55.0 Å². The van der Waals surface area contributed by atoms with Gasteiger partial charge in [0.2, 0.25) is 17.7 Å². The summed E-state index contributed by atoms with van der Waals surface area (Å²) in [6, 6.07) is 5.93. The van der Waals surface area contributed by atoms with E-state index in [1.165, 1.54) is 39.2 Å². The van der Waals surface area contributed by atoms with Crippen molar-refractivity contribution in [3.63, 3.8) is 0 Å². The van der Waals surface area contributed by atoms with Crippen molar-refractivity contribution in [1.82, 2.24) is 14.9 Å². The SMILES string of the molecule is CN(C)CCNc1ncc(N(C)C(=O)C(C)(C)c2cc(C(F)(F)F)cc(C(F)(F)F)c2)c(Oc2ccc(F)cc2)n1. The van der Waals surface area contributed by atoms with Crippen molar-refractivity contribution in [3.05, 3.63) is 71.2 Å². The maximum Gasteiger partial charge on any atom is 0.416 e. The number of anilines is 2. The van der Waals surface area contributed by atoms with E-state index in [9.17, 15) is 35.5 Å². The lowest BCUT2D eigenvalue weighted by Gasteiger charge is -2.31. The number of alkyl halides is 6. The lowest BCUT2D eigenvalue weighted by Crippen LogP contribution is -2.42. The minimum absolute atomic E-state index is 0.00171. The number of carbonyl (C=O) groups is 1. The Morgan fingerprint density at radius 3 is 1.95 bits per heavy atom. The Labute approximate surface area is 232 Å². The minimum Gasteiger partial charge on any atom is -0.437 e. The molecule has 14 heteroatoms. The van der Waals surface area contributed by atoms with Crippen LogP contribution in [0.5, 0.6) is 11.6 Å². The van der Waals surface area contributed by atoms with Crippen LogP contribution in [0.1, 0.15) is 30.5 Å². The van der Waals surface area contributed by atoms with Crippen LogP contribution < -0.4 is 15.0 Å². The number of carbonyl (C=O) groups excluding carboxylic acids is 1. The molecular formula is C27H28F7N5O2. The second-order valence-corrected chi connectivity index (χ2v) is 9.95. The number of halogens is 7. The number of hydrogen-bond acceptors (Lipinski definition) is 6. The fourth-order valence-corrected chi connectivity index (χ4v) is 3.72. The normalized spacial score (nSPS) is 12.4. The highest BCUT2D eigenvalue weighted by Gasteiger charge is 2.41. The number of benzene rings is 2. The summed E-state index contributed by atoms with van der Waals surface area (Å²) in [5.41, 5.74) is -5.48. The second kappa shape index (κ2) is 11.9. The third-order valence-electron chi connectivity index (χ3n) is 6.12. The third-order valence-corrected chi connectivity index (χ3v) is 6.12. The molecule has 7 nitrogen and oxygen atoms in total. The molecule has 2 aromatic carbocycles. The lowest BCUT2D eigenvalue weighted by molar-refractivity contribution is -0.143. The summed E-state index contributed by atoms with van der Waals surface area (Å²) in [7, 11) is 4.98. The lowest BCUT2D eigenvalue weighted by atomic mass is 9.81. The van der Waals surface area contributed by atoms with E-state index in [0.29, 0.717) is 25.2 Å². The van der Waals surface area contributed by atoms with Gasteiger partial charge in [0.05, 0.1) is 22.7 Å². The number of amides is 1. The number of nitrogens with one attached hydrogen (secondary N) is 1. The van der Waals surface area contributed by atoms with Gasteiger partial charge in [-0.2, -0.15) is 31.3 Å². The van der Waals surface area contributed by atoms with Gasteiger partial charge in [0.25, 0.3) is 0 Å². The number of hydrogen-bond donors (Lipinski definition) is 1. The van der Waals surface area contributed by atoms with Crippen LogP contribution in [0.4, 0.5) is 42.4 Å². The van der Waals surface area contributed by atoms with Crippen LogP contribution in [0.2, 0.25) is 0 Å². The first-order valence-corrected chi connectivity index (χ1v) is 12.2. The Kier molecular flexibility index (Phi) is 9.16. The molecule has 0 saturated carbocycles. The van der Waals surface area contributed by atoms with Gasteiger partial charge in [-0.05, 0) is 76.0 Å². The van der Waals surface area contributed by atoms with Gasteiger partial charge in [-0.15, -0.1) is 0 Å². The summed E-state index contributed by atoms with van der Waals surface area (Å²) in [5, 5.41) is 2.98. The average Bonchev–Trinajstić information content (AvgIpc) is 2.88. The van der Waals surface area contributed by atoms with Crippen LogP contribution in [0.3, 0.4) is 0 Å². The molecule has 0 radical (unpaired) electrons. The highest BCUT2D eigenvalue weighted by atomic mass is 19.4. The van der Waals surface area contributed by atoms with Crippen molar-refractivity contribution in [2.24, 2.45) is 0 Å². The van der Waals surface area contributed by atoms with Gasteiger partial charge in [0.15, 0.2) is 0 Å². The van der Waals surface area contributed by atoms with Crippen LogP contribution >= 0.6 is 0 Å². The molecule has 41 heavy (non-hydrogen) atoms. The molecule has 0 fully saturated rings. The molecule has 0 spiro atoms. The van der Waals surface area contributed by atoms with Crippen LogP contribution in [-0.2, 0) is 22.6 Å². The van der Waals surface area contributed by atoms with Gasteiger partial charge in [0, 0.05) is 20.1 Å². The van der Waals surface area contributed by atoms with Gasteiger partial charge >= 0.3 is 12.4 Å². The molecule has 1 N–H and O–H groups in total. The maximum absolute atomic E-state index is 13.7. The predicted octanol–water partition coefficient (Wildman–Crippen LogP) is 6.36. The molecule has 3 aromatic rings.